The molecular formula is C14H17N3O2S. The molecule has 0 bridgehead atoms. The number of nitrogens with two attached hydrogens (primary N) is 1. The van der Waals surface area contributed by atoms with Gasteiger partial charge in [-0.25, -0.2) is 8.42 Å². The Kier molecular flexibility index (Phi) is 3.05. The number of hydrogen-bond acceptors (Lipinski definition) is 4. The quantitative estimate of drug-likeness (QED) is 0.915. The fourth-order valence-corrected chi connectivity index (χ4v) is 4.33. The molecule has 0 saturated carbocycles. The van der Waals surface area contributed by atoms with Crippen molar-refractivity contribution >= 4 is 15.5 Å². The second kappa shape index (κ2) is 4.63. The molecule has 1 fully saturated rings. The zero-order valence-electron chi connectivity index (χ0n) is 11.3. The Morgan fingerprint density at radius 3 is 2.75 bits per heavy atom. The monoisotopic (exact) mass is 291 g/mol. The molecule has 2 aromatic rings. The molecule has 1 saturated heterocycles. The second-order valence-corrected chi connectivity index (χ2v) is 7.51. The van der Waals surface area contributed by atoms with E-state index in [4.69, 9.17) is 5.73 Å². The van der Waals surface area contributed by atoms with E-state index in [-0.39, 0.29) is 17.5 Å². The lowest BCUT2D eigenvalue weighted by molar-refractivity contribution is 0.501. The highest BCUT2D eigenvalue weighted by Crippen LogP contribution is 2.30. The van der Waals surface area contributed by atoms with Crippen molar-refractivity contribution in [1.29, 1.82) is 0 Å². The van der Waals surface area contributed by atoms with Gasteiger partial charge in [-0.2, -0.15) is 5.10 Å². The first-order valence-corrected chi connectivity index (χ1v) is 8.39. The van der Waals surface area contributed by atoms with Gasteiger partial charge in [-0.1, -0.05) is 24.3 Å². The molecule has 0 spiro atoms. The minimum Gasteiger partial charge on any atom is -0.396 e. The molecule has 1 aromatic carbocycles. The minimum absolute atomic E-state index is 0.0972. The Labute approximate surface area is 118 Å². The summed E-state index contributed by atoms with van der Waals surface area (Å²) in [5.74, 6) is 0.387. The van der Waals surface area contributed by atoms with Crippen LogP contribution in [0.15, 0.2) is 30.5 Å². The molecule has 3 rings (SSSR count). The number of hydrogen-bond donors (Lipinski definition) is 1. The van der Waals surface area contributed by atoms with Crippen molar-refractivity contribution in [3.63, 3.8) is 0 Å². The molecule has 1 aromatic heterocycles. The Hall–Kier alpha value is -1.82. The zero-order valence-corrected chi connectivity index (χ0v) is 12.1. The second-order valence-electron chi connectivity index (χ2n) is 5.28. The number of sulfone groups is 1. The SMILES string of the molecule is Cc1ccccc1-c1nn(C2CCS(=O)(=O)C2)cc1N. The van der Waals surface area contributed by atoms with E-state index in [0.717, 1.165) is 16.8 Å². The molecule has 1 aliphatic heterocycles. The zero-order chi connectivity index (χ0) is 14.3. The van der Waals surface area contributed by atoms with E-state index in [0.29, 0.717) is 12.1 Å². The molecule has 1 aliphatic rings. The van der Waals surface area contributed by atoms with E-state index in [1.807, 2.05) is 31.2 Å². The Morgan fingerprint density at radius 1 is 1.35 bits per heavy atom. The molecular weight excluding hydrogens is 274 g/mol. The molecule has 2 heterocycles. The van der Waals surface area contributed by atoms with Gasteiger partial charge in [-0.15, -0.1) is 0 Å². The molecule has 106 valence electrons. The van der Waals surface area contributed by atoms with Gasteiger partial charge in [0.2, 0.25) is 0 Å². The molecule has 6 heteroatoms. The number of anilines is 1. The first kappa shape index (κ1) is 13.2. The van der Waals surface area contributed by atoms with E-state index in [2.05, 4.69) is 5.10 Å². The van der Waals surface area contributed by atoms with Crippen LogP contribution < -0.4 is 5.73 Å². The number of aromatic nitrogens is 2. The van der Waals surface area contributed by atoms with Gasteiger partial charge in [0.05, 0.1) is 23.2 Å². The first-order chi connectivity index (χ1) is 9.46. The van der Waals surface area contributed by atoms with Crippen LogP contribution >= 0.6 is 0 Å². The normalized spacial score (nSPS) is 21.1. The van der Waals surface area contributed by atoms with Gasteiger partial charge in [0.25, 0.3) is 0 Å². The standard InChI is InChI=1S/C14H17N3O2S/c1-10-4-2-3-5-12(10)14-13(15)8-17(16-14)11-6-7-20(18,19)9-11/h2-5,8,11H,6-7,9,15H2,1H3. The predicted octanol–water partition coefficient (Wildman–Crippen LogP) is 1.80. The Morgan fingerprint density at radius 2 is 2.10 bits per heavy atom. The lowest BCUT2D eigenvalue weighted by atomic mass is 10.1. The molecule has 0 aliphatic carbocycles. The molecule has 0 amide bonds. The lowest BCUT2D eigenvalue weighted by Gasteiger charge is -2.07. The van der Waals surface area contributed by atoms with Gasteiger partial charge in [0.1, 0.15) is 5.69 Å². The predicted molar refractivity (Wildman–Crippen MR) is 79.1 cm³/mol. The van der Waals surface area contributed by atoms with E-state index in [1.165, 1.54) is 0 Å². The van der Waals surface area contributed by atoms with Crippen LogP contribution in [0.2, 0.25) is 0 Å². The maximum absolute atomic E-state index is 11.6. The van der Waals surface area contributed by atoms with E-state index >= 15 is 0 Å². The summed E-state index contributed by atoms with van der Waals surface area (Å²) in [5.41, 5.74) is 9.45. The summed E-state index contributed by atoms with van der Waals surface area (Å²) in [6.07, 6.45) is 2.35. The van der Waals surface area contributed by atoms with Crippen molar-refractivity contribution in [3.8, 4) is 11.3 Å². The highest BCUT2D eigenvalue weighted by molar-refractivity contribution is 7.91. The smallest absolute Gasteiger partial charge is 0.152 e. The van der Waals surface area contributed by atoms with Gasteiger partial charge in [0, 0.05) is 11.8 Å². The molecule has 5 nitrogen and oxygen atoms in total. The lowest BCUT2D eigenvalue weighted by Crippen LogP contribution is -2.11. The number of nitrogen functional groups attached to an aromatic ring is 1. The fraction of sp³-hybridized carbons (Fsp3) is 0.357. The number of aryl methyl sites for hydroxylation is 1. The largest absolute Gasteiger partial charge is 0.396 e. The summed E-state index contributed by atoms with van der Waals surface area (Å²) in [6.45, 7) is 2.01. The molecule has 20 heavy (non-hydrogen) atoms. The Balaban J connectivity index is 1.98. The topological polar surface area (TPSA) is 78.0 Å². The fourth-order valence-electron chi connectivity index (χ4n) is 2.62. The van der Waals surface area contributed by atoms with E-state index < -0.39 is 9.84 Å². The molecule has 1 atom stereocenters. The van der Waals surface area contributed by atoms with Crippen LogP contribution in [0.4, 0.5) is 5.69 Å². The van der Waals surface area contributed by atoms with Crippen molar-refractivity contribution < 1.29 is 8.42 Å². The van der Waals surface area contributed by atoms with Gasteiger partial charge >= 0.3 is 0 Å². The molecule has 2 N–H and O–H groups in total. The van der Waals surface area contributed by atoms with Crippen molar-refractivity contribution in [2.75, 3.05) is 17.2 Å². The maximum Gasteiger partial charge on any atom is 0.152 e. The van der Waals surface area contributed by atoms with Crippen LogP contribution in [0, 0.1) is 6.92 Å². The molecule has 0 radical (unpaired) electrons. The average Bonchev–Trinajstić information content (AvgIpc) is 2.93. The van der Waals surface area contributed by atoms with Crippen LogP contribution in [0.5, 0.6) is 0 Å². The third kappa shape index (κ3) is 2.31. The van der Waals surface area contributed by atoms with Crippen molar-refractivity contribution in [2.24, 2.45) is 0 Å². The van der Waals surface area contributed by atoms with Crippen LogP contribution in [0.1, 0.15) is 18.0 Å². The van der Waals surface area contributed by atoms with Gasteiger partial charge in [-0.3, -0.25) is 4.68 Å². The van der Waals surface area contributed by atoms with Crippen molar-refractivity contribution in [3.05, 3.63) is 36.0 Å². The van der Waals surface area contributed by atoms with Crippen LogP contribution in [0.25, 0.3) is 11.3 Å². The summed E-state index contributed by atoms with van der Waals surface area (Å²) in [5, 5.41) is 4.52. The third-order valence-electron chi connectivity index (χ3n) is 3.74. The van der Waals surface area contributed by atoms with E-state index in [9.17, 15) is 8.42 Å². The van der Waals surface area contributed by atoms with Gasteiger partial charge in [0.15, 0.2) is 9.84 Å². The highest BCUT2D eigenvalue weighted by atomic mass is 32.2. The van der Waals surface area contributed by atoms with Crippen molar-refractivity contribution in [2.45, 2.75) is 19.4 Å². The number of benzene rings is 1. The summed E-state index contributed by atoms with van der Waals surface area (Å²) in [7, 11) is -2.92. The average molecular weight is 291 g/mol. The third-order valence-corrected chi connectivity index (χ3v) is 5.49. The summed E-state index contributed by atoms with van der Waals surface area (Å²) in [6, 6.07) is 7.80. The summed E-state index contributed by atoms with van der Waals surface area (Å²) in [4.78, 5) is 0. The Bertz CT molecular complexity index is 750. The van der Waals surface area contributed by atoms with E-state index in [1.54, 1.807) is 10.9 Å². The number of rotatable bonds is 2. The van der Waals surface area contributed by atoms with Gasteiger partial charge in [-0.05, 0) is 18.9 Å². The molecule has 1 unspecified atom stereocenters. The minimum atomic E-state index is -2.92. The first-order valence-electron chi connectivity index (χ1n) is 6.57. The number of nitrogens with zero attached hydrogens (tertiary/aromatic N) is 2. The summed E-state index contributed by atoms with van der Waals surface area (Å²) < 4.78 is 24.8. The van der Waals surface area contributed by atoms with Crippen LogP contribution in [0.3, 0.4) is 0 Å². The van der Waals surface area contributed by atoms with Crippen LogP contribution in [-0.2, 0) is 9.84 Å². The van der Waals surface area contributed by atoms with Crippen LogP contribution in [-0.4, -0.2) is 29.7 Å². The van der Waals surface area contributed by atoms with Crippen molar-refractivity contribution in [1.82, 2.24) is 9.78 Å². The van der Waals surface area contributed by atoms with Gasteiger partial charge < -0.3 is 5.73 Å². The maximum atomic E-state index is 11.6. The summed E-state index contributed by atoms with van der Waals surface area (Å²) >= 11 is 0. The highest BCUT2D eigenvalue weighted by Gasteiger charge is 2.30.